The number of hydrogen-bond donors (Lipinski definition) is 3. The average Bonchev–Trinajstić information content (AvgIpc) is 2.53. The van der Waals surface area contributed by atoms with Gasteiger partial charge in [0.2, 0.25) is 5.91 Å². The second kappa shape index (κ2) is 86.5. The second-order valence-corrected chi connectivity index (χ2v) is 30.9. The molecule has 0 aliphatic heterocycles. The molecule has 0 saturated heterocycles. The number of esters is 1. The summed E-state index contributed by atoms with van der Waals surface area (Å²) in [7, 11) is 0. The largest absolute Gasteiger partial charge is 0.466 e. The molecule has 0 aromatic heterocycles. The highest BCUT2D eigenvalue weighted by Gasteiger charge is 2.20. The molecule has 0 aliphatic rings. The van der Waals surface area contributed by atoms with E-state index in [9.17, 15) is 19.8 Å². The molecule has 574 valence electrons. The molecule has 0 aromatic carbocycles. The monoisotopic (exact) mass is 1360 g/mol. The van der Waals surface area contributed by atoms with Gasteiger partial charge in [-0.1, -0.05) is 448 Å². The Morgan fingerprint density at radius 1 is 0.289 bits per heavy atom. The van der Waals surface area contributed by atoms with Crippen LogP contribution in [0.5, 0.6) is 0 Å². The molecule has 0 spiro atoms. The van der Waals surface area contributed by atoms with Gasteiger partial charge in [-0.15, -0.1) is 0 Å². The minimum atomic E-state index is -0.663. The van der Waals surface area contributed by atoms with E-state index >= 15 is 0 Å². The van der Waals surface area contributed by atoms with E-state index in [1.54, 1.807) is 0 Å². The smallest absolute Gasteiger partial charge is 0.305 e. The summed E-state index contributed by atoms with van der Waals surface area (Å²) < 4.78 is 5.51. The fourth-order valence-electron chi connectivity index (χ4n) is 14.4. The Hall–Kier alpha value is -1.92. The van der Waals surface area contributed by atoms with Crippen LogP contribution in [0.1, 0.15) is 508 Å². The van der Waals surface area contributed by atoms with Gasteiger partial charge >= 0.3 is 5.97 Å². The third-order valence-electron chi connectivity index (χ3n) is 21.2. The first kappa shape index (κ1) is 95.1. The van der Waals surface area contributed by atoms with Crippen LogP contribution in [0.15, 0.2) is 36.5 Å². The lowest BCUT2D eigenvalue weighted by Crippen LogP contribution is -2.45. The van der Waals surface area contributed by atoms with E-state index in [2.05, 4.69) is 55.6 Å². The Morgan fingerprint density at radius 3 is 0.814 bits per heavy atom. The van der Waals surface area contributed by atoms with Gasteiger partial charge in [0.15, 0.2) is 0 Å². The second-order valence-electron chi connectivity index (χ2n) is 30.9. The zero-order valence-corrected chi connectivity index (χ0v) is 66.1. The van der Waals surface area contributed by atoms with Gasteiger partial charge in [-0.3, -0.25) is 9.59 Å². The third-order valence-corrected chi connectivity index (χ3v) is 21.2. The van der Waals surface area contributed by atoms with Crippen LogP contribution in [0.2, 0.25) is 0 Å². The average molecular weight is 1360 g/mol. The maximum atomic E-state index is 12.6. The highest BCUT2D eigenvalue weighted by Crippen LogP contribution is 2.21. The number of hydrogen-bond acceptors (Lipinski definition) is 5. The van der Waals surface area contributed by atoms with E-state index in [0.717, 1.165) is 51.4 Å². The van der Waals surface area contributed by atoms with Gasteiger partial charge in [0.1, 0.15) is 0 Å². The van der Waals surface area contributed by atoms with Crippen LogP contribution in [-0.4, -0.2) is 47.4 Å². The van der Waals surface area contributed by atoms with E-state index in [-0.39, 0.29) is 18.5 Å². The molecule has 6 heteroatoms. The fourth-order valence-corrected chi connectivity index (χ4v) is 14.4. The molecule has 0 bridgehead atoms. The number of allylic oxidation sites excluding steroid dienone is 6. The summed E-state index contributed by atoms with van der Waals surface area (Å²) in [6.07, 6.45) is 114. The number of aliphatic hydroxyl groups is 2. The van der Waals surface area contributed by atoms with Crippen LogP contribution in [0.3, 0.4) is 0 Å². The van der Waals surface area contributed by atoms with Gasteiger partial charge in [-0.05, 0) is 83.5 Å². The molecular weight excluding hydrogens is 1190 g/mol. The molecule has 0 saturated carbocycles. The molecule has 2 unspecified atom stereocenters. The first-order chi connectivity index (χ1) is 48.0. The molecule has 97 heavy (non-hydrogen) atoms. The van der Waals surface area contributed by atoms with Gasteiger partial charge < -0.3 is 20.3 Å². The summed E-state index contributed by atoms with van der Waals surface area (Å²) in [4.78, 5) is 24.7. The molecule has 1 amide bonds. The van der Waals surface area contributed by atoms with Crippen LogP contribution >= 0.6 is 0 Å². The quantitative estimate of drug-likeness (QED) is 0.0320. The predicted molar refractivity (Wildman–Crippen MR) is 430 cm³/mol. The van der Waals surface area contributed by atoms with E-state index in [1.165, 1.54) is 424 Å². The molecule has 0 radical (unpaired) electrons. The normalized spacial score (nSPS) is 12.6. The molecule has 6 nitrogen and oxygen atoms in total. The topological polar surface area (TPSA) is 95.9 Å². The molecular formula is C91H175NO5. The Morgan fingerprint density at radius 2 is 0.515 bits per heavy atom. The van der Waals surface area contributed by atoms with Gasteiger partial charge in [0.25, 0.3) is 0 Å². The van der Waals surface area contributed by atoms with E-state index < -0.39 is 12.1 Å². The summed E-state index contributed by atoms with van der Waals surface area (Å²) >= 11 is 0. The van der Waals surface area contributed by atoms with Crippen LogP contribution in [0.25, 0.3) is 0 Å². The number of carbonyl (C=O) groups is 2. The van der Waals surface area contributed by atoms with Crippen LogP contribution in [0, 0.1) is 0 Å². The van der Waals surface area contributed by atoms with E-state index in [1.807, 2.05) is 0 Å². The molecule has 0 fully saturated rings. The van der Waals surface area contributed by atoms with Gasteiger partial charge in [-0.25, -0.2) is 0 Å². The van der Waals surface area contributed by atoms with Gasteiger partial charge in [0, 0.05) is 12.8 Å². The number of carbonyl (C=O) groups excluding carboxylic acids is 2. The Bertz CT molecular complexity index is 1570. The van der Waals surface area contributed by atoms with Gasteiger partial charge in [0.05, 0.1) is 25.4 Å². The number of ether oxygens (including phenoxy) is 1. The molecule has 3 N–H and O–H groups in total. The molecule has 0 aromatic rings. The zero-order chi connectivity index (χ0) is 69.8. The maximum Gasteiger partial charge on any atom is 0.305 e. The van der Waals surface area contributed by atoms with Crippen molar-refractivity contribution in [1.82, 2.24) is 5.32 Å². The van der Waals surface area contributed by atoms with Gasteiger partial charge in [-0.2, -0.15) is 0 Å². The predicted octanol–water partition coefficient (Wildman–Crippen LogP) is 30.1. The summed E-state index contributed by atoms with van der Waals surface area (Å²) in [5.74, 6) is -0.00875. The lowest BCUT2D eigenvalue weighted by molar-refractivity contribution is -0.143. The summed E-state index contributed by atoms with van der Waals surface area (Å²) in [6, 6.07) is -0.540. The summed E-state index contributed by atoms with van der Waals surface area (Å²) in [5.41, 5.74) is 0. The number of rotatable bonds is 85. The fraction of sp³-hybridized carbons (Fsp3) is 0.912. The van der Waals surface area contributed by atoms with Crippen LogP contribution in [0.4, 0.5) is 0 Å². The first-order valence-corrected chi connectivity index (χ1v) is 44.7. The van der Waals surface area contributed by atoms with Crippen LogP contribution < -0.4 is 5.32 Å². The zero-order valence-electron chi connectivity index (χ0n) is 66.1. The highest BCUT2D eigenvalue weighted by atomic mass is 16.5. The van der Waals surface area contributed by atoms with Crippen molar-refractivity contribution in [1.29, 1.82) is 0 Å². The van der Waals surface area contributed by atoms with Crippen molar-refractivity contribution in [2.75, 3.05) is 13.2 Å². The number of amides is 1. The highest BCUT2D eigenvalue weighted by molar-refractivity contribution is 5.76. The molecule has 2 atom stereocenters. The number of aliphatic hydroxyl groups excluding tert-OH is 2. The SMILES string of the molecule is CCCCC/C=C\C/C=C\CCCCCCCCCC(=O)OCCCCCCCCCCCCCCCCCCCC/C=C\CCCCCCCCCCCCCCCCCCCC(=O)NC(CO)C(O)CCCCCCCCCCCCCCCCCCCCCCCCCC. The van der Waals surface area contributed by atoms with Crippen molar-refractivity contribution in [3.05, 3.63) is 36.5 Å². The van der Waals surface area contributed by atoms with Crippen molar-refractivity contribution in [2.45, 2.75) is 520 Å². The Labute approximate surface area is 608 Å². The van der Waals surface area contributed by atoms with E-state index in [0.29, 0.717) is 25.9 Å². The van der Waals surface area contributed by atoms with Crippen LogP contribution in [-0.2, 0) is 14.3 Å². The van der Waals surface area contributed by atoms with Crippen molar-refractivity contribution >= 4 is 11.9 Å². The lowest BCUT2D eigenvalue weighted by atomic mass is 10.0. The summed E-state index contributed by atoms with van der Waals surface area (Å²) in [5, 5.41) is 23.5. The van der Waals surface area contributed by atoms with Crippen molar-refractivity contribution in [3.63, 3.8) is 0 Å². The number of unbranched alkanes of at least 4 members (excludes halogenated alkanes) is 68. The van der Waals surface area contributed by atoms with Crippen molar-refractivity contribution in [2.24, 2.45) is 0 Å². The standard InChI is InChI=1S/C91H175NO5/c1-3-5-7-9-11-13-15-17-19-21-22-23-24-42-45-48-52-55-59-63-67-71-75-79-83-89(94)88(87-93)92-90(95)84-80-76-72-68-64-60-56-53-49-46-43-40-38-36-34-32-30-28-26-25-27-29-31-33-35-37-39-41-44-47-50-54-58-62-66-70-74-78-82-86-97-91(96)85-81-77-73-69-65-61-57-51-20-18-16-14-12-10-8-6-4-2/h12,14,18,20,25-26,88-89,93-94H,3-11,13,15-17,19,21-24,27-87H2,1-2H3,(H,92,95)/b14-12-,20-18-,26-25-. The van der Waals surface area contributed by atoms with E-state index in [4.69, 9.17) is 4.74 Å². The summed E-state index contributed by atoms with van der Waals surface area (Å²) in [6.45, 7) is 4.99. The Kier molecular flexibility index (Phi) is 84.8. The minimum absolute atomic E-state index is 0.0156. The maximum absolute atomic E-state index is 12.6. The van der Waals surface area contributed by atoms with Crippen molar-refractivity contribution in [3.8, 4) is 0 Å². The Balaban J connectivity index is 3.33. The lowest BCUT2D eigenvalue weighted by Gasteiger charge is -2.22. The third kappa shape index (κ3) is 82.9. The minimum Gasteiger partial charge on any atom is -0.466 e. The molecule has 0 aliphatic carbocycles. The molecule has 0 heterocycles. The molecule has 0 rings (SSSR count). The van der Waals surface area contributed by atoms with Crippen molar-refractivity contribution < 1.29 is 24.5 Å². The number of nitrogens with one attached hydrogen (secondary N) is 1. The first-order valence-electron chi connectivity index (χ1n) is 44.7.